The van der Waals surface area contributed by atoms with Gasteiger partial charge in [0.15, 0.2) is 0 Å². The monoisotopic (exact) mass is 283 g/mol. The normalized spacial score (nSPS) is 9.67. The van der Waals surface area contributed by atoms with Gasteiger partial charge in [-0.1, -0.05) is 29.5 Å². The molecule has 0 atom stereocenters. The van der Waals surface area contributed by atoms with Crippen molar-refractivity contribution in [2.75, 3.05) is 11.9 Å². The molecule has 2 rings (SSSR count). The molecular formula is C17H14FNO2. The number of halogens is 1. The van der Waals surface area contributed by atoms with Gasteiger partial charge in [0, 0.05) is 11.3 Å². The van der Waals surface area contributed by atoms with E-state index in [0.717, 1.165) is 5.56 Å². The maximum absolute atomic E-state index is 13.5. The van der Waals surface area contributed by atoms with Crippen molar-refractivity contribution in [1.29, 1.82) is 0 Å². The molecule has 106 valence electrons. The highest BCUT2D eigenvalue weighted by Gasteiger charge is 2.07. The highest BCUT2D eigenvalue weighted by molar-refractivity contribution is 6.04. The minimum Gasteiger partial charge on any atom is -0.384 e. The van der Waals surface area contributed by atoms with Gasteiger partial charge in [0.25, 0.3) is 5.91 Å². The van der Waals surface area contributed by atoms with Gasteiger partial charge in [0.05, 0.1) is 5.56 Å². The first kappa shape index (κ1) is 14.8. The van der Waals surface area contributed by atoms with Gasteiger partial charge in [0.1, 0.15) is 12.4 Å². The number of hydrogen-bond donors (Lipinski definition) is 2. The fraction of sp³-hybridized carbons (Fsp3) is 0.118. The Morgan fingerprint density at radius 1 is 1.29 bits per heavy atom. The van der Waals surface area contributed by atoms with Crippen LogP contribution in [-0.4, -0.2) is 17.6 Å². The average molecular weight is 283 g/mol. The quantitative estimate of drug-likeness (QED) is 0.833. The summed E-state index contributed by atoms with van der Waals surface area (Å²) in [6, 6.07) is 11.3. The van der Waals surface area contributed by atoms with Crippen molar-refractivity contribution in [2.24, 2.45) is 0 Å². The van der Waals surface area contributed by atoms with Gasteiger partial charge in [-0.2, -0.15) is 0 Å². The highest BCUT2D eigenvalue weighted by atomic mass is 19.1. The molecule has 21 heavy (non-hydrogen) atoms. The summed E-state index contributed by atoms with van der Waals surface area (Å²) in [5, 5.41) is 11.3. The van der Waals surface area contributed by atoms with Crippen LogP contribution in [0.4, 0.5) is 10.1 Å². The number of aliphatic hydroxyl groups excluding tert-OH is 1. The van der Waals surface area contributed by atoms with Gasteiger partial charge in [0.2, 0.25) is 0 Å². The lowest BCUT2D eigenvalue weighted by Gasteiger charge is -2.07. The lowest BCUT2D eigenvalue weighted by molar-refractivity contribution is 0.102. The van der Waals surface area contributed by atoms with Gasteiger partial charge < -0.3 is 10.4 Å². The highest BCUT2D eigenvalue weighted by Crippen LogP contribution is 2.15. The molecule has 0 aliphatic rings. The Morgan fingerprint density at radius 3 is 2.81 bits per heavy atom. The zero-order chi connectivity index (χ0) is 15.2. The number of rotatable bonds is 2. The molecule has 2 N–H and O–H groups in total. The number of amides is 1. The van der Waals surface area contributed by atoms with Crippen LogP contribution in [0.2, 0.25) is 0 Å². The van der Waals surface area contributed by atoms with E-state index in [4.69, 9.17) is 5.11 Å². The van der Waals surface area contributed by atoms with E-state index >= 15 is 0 Å². The third kappa shape index (κ3) is 3.91. The lowest BCUT2D eigenvalue weighted by atomic mass is 10.1. The topological polar surface area (TPSA) is 49.3 Å². The van der Waals surface area contributed by atoms with Crippen LogP contribution in [0, 0.1) is 24.6 Å². The standard InChI is InChI=1S/C17H14FNO2/c1-12-4-2-5-14(10-12)17(21)19-15-7-8-16(18)13(11-15)6-3-9-20/h2,4-5,7-8,10-11,20H,9H2,1H3,(H,19,21). The number of benzene rings is 2. The van der Waals surface area contributed by atoms with Crippen molar-refractivity contribution in [3.63, 3.8) is 0 Å². The van der Waals surface area contributed by atoms with Crippen molar-refractivity contribution < 1.29 is 14.3 Å². The Kier molecular flexibility index (Phi) is 4.70. The summed E-state index contributed by atoms with van der Waals surface area (Å²) >= 11 is 0. The predicted octanol–water partition coefficient (Wildman–Crippen LogP) is 2.73. The van der Waals surface area contributed by atoms with Crippen LogP contribution in [-0.2, 0) is 0 Å². The predicted molar refractivity (Wildman–Crippen MR) is 79.5 cm³/mol. The minimum absolute atomic E-state index is 0.131. The second-order valence-electron chi connectivity index (χ2n) is 4.48. The third-order valence-electron chi connectivity index (χ3n) is 2.81. The first-order valence-electron chi connectivity index (χ1n) is 6.37. The van der Waals surface area contributed by atoms with E-state index in [9.17, 15) is 9.18 Å². The SMILES string of the molecule is Cc1cccc(C(=O)Nc2ccc(F)c(C#CCO)c2)c1. The second kappa shape index (κ2) is 6.69. The molecule has 0 saturated heterocycles. The maximum atomic E-state index is 13.5. The van der Waals surface area contributed by atoms with Crippen molar-refractivity contribution in [2.45, 2.75) is 6.92 Å². The van der Waals surface area contributed by atoms with E-state index in [0.29, 0.717) is 11.3 Å². The molecule has 0 saturated carbocycles. The van der Waals surface area contributed by atoms with Gasteiger partial charge in [-0.25, -0.2) is 4.39 Å². The molecule has 3 nitrogen and oxygen atoms in total. The van der Waals surface area contributed by atoms with Gasteiger partial charge in [-0.05, 0) is 37.3 Å². The fourth-order valence-corrected chi connectivity index (χ4v) is 1.82. The van der Waals surface area contributed by atoms with E-state index in [1.807, 2.05) is 13.0 Å². The molecule has 0 heterocycles. The Morgan fingerprint density at radius 2 is 2.10 bits per heavy atom. The Labute approximate surface area is 122 Å². The van der Waals surface area contributed by atoms with E-state index in [1.54, 1.807) is 18.2 Å². The van der Waals surface area contributed by atoms with Gasteiger partial charge in [-0.15, -0.1) is 0 Å². The average Bonchev–Trinajstić information content (AvgIpc) is 2.47. The molecule has 0 bridgehead atoms. The van der Waals surface area contributed by atoms with Crippen molar-refractivity contribution >= 4 is 11.6 Å². The molecule has 0 unspecified atom stereocenters. The molecule has 0 spiro atoms. The van der Waals surface area contributed by atoms with Crippen molar-refractivity contribution in [3.05, 3.63) is 65.0 Å². The van der Waals surface area contributed by atoms with E-state index in [1.165, 1.54) is 18.2 Å². The summed E-state index contributed by atoms with van der Waals surface area (Å²) in [4.78, 5) is 12.1. The Bertz CT molecular complexity index is 729. The molecule has 1 amide bonds. The molecule has 2 aromatic carbocycles. The van der Waals surface area contributed by atoms with Crippen molar-refractivity contribution in [3.8, 4) is 11.8 Å². The first-order valence-corrected chi connectivity index (χ1v) is 6.37. The summed E-state index contributed by atoms with van der Waals surface area (Å²) in [6.07, 6.45) is 0. The number of aryl methyl sites for hydroxylation is 1. The summed E-state index contributed by atoms with van der Waals surface area (Å²) < 4.78 is 13.5. The largest absolute Gasteiger partial charge is 0.384 e. The van der Waals surface area contributed by atoms with Crippen LogP contribution in [0.25, 0.3) is 0 Å². The molecule has 0 radical (unpaired) electrons. The van der Waals surface area contributed by atoms with Crippen molar-refractivity contribution in [1.82, 2.24) is 0 Å². The fourth-order valence-electron chi connectivity index (χ4n) is 1.82. The number of aliphatic hydroxyl groups is 1. The summed E-state index contributed by atoms with van der Waals surface area (Å²) in [5.41, 5.74) is 2.09. The second-order valence-corrected chi connectivity index (χ2v) is 4.48. The minimum atomic E-state index is -0.496. The van der Waals surface area contributed by atoms with Crippen LogP contribution in [0.5, 0.6) is 0 Å². The van der Waals surface area contributed by atoms with Crippen LogP contribution in [0.15, 0.2) is 42.5 Å². The van der Waals surface area contributed by atoms with E-state index < -0.39 is 5.82 Å². The number of carbonyl (C=O) groups excluding carboxylic acids is 1. The number of carbonyl (C=O) groups is 1. The zero-order valence-corrected chi connectivity index (χ0v) is 11.5. The first-order chi connectivity index (χ1) is 10.1. The molecule has 4 heteroatoms. The lowest BCUT2D eigenvalue weighted by Crippen LogP contribution is -2.12. The summed E-state index contributed by atoms with van der Waals surface area (Å²) in [7, 11) is 0. The smallest absolute Gasteiger partial charge is 0.255 e. The molecule has 2 aromatic rings. The van der Waals surface area contributed by atoms with Gasteiger partial charge >= 0.3 is 0 Å². The summed E-state index contributed by atoms with van der Waals surface area (Å²) in [5.74, 6) is 4.11. The number of anilines is 1. The Balaban J connectivity index is 2.21. The van der Waals surface area contributed by atoms with Crippen LogP contribution < -0.4 is 5.32 Å². The Hall–Kier alpha value is -2.64. The molecule has 0 fully saturated rings. The third-order valence-corrected chi connectivity index (χ3v) is 2.81. The van der Waals surface area contributed by atoms with E-state index in [2.05, 4.69) is 17.2 Å². The van der Waals surface area contributed by atoms with E-state index in [-0.39, 0.29) is 18.1 Å². The van der Waals surface area contributed by atoms with Gasteiger partial charge in [-0.3, -0.25) is 4.79 Å². The summed E-state index contributed by atoms with van der Waals surface area (Å²) in [6.45, 7) is 1.55. The van der Waals surface area contributed by atoms with Crippen LogP contribution >= 0.6 is 0 Å². The molecule has 0 aliphatic heterocycles. The molecule has 0 aliphatic carbocycles. The molecule has 0 aromatic heterocycles. The van der Waals surface area contributed by atoms with Crippen LogP contribution in [0.3, 0.4) is 0 Å². The molecular weight excluding hydrogens is 269 g/mol. The number of hydrogen-bond acceptors (Lipinski definition) is 2. The maximum Gasteiger partial charge on any atom is 0.255 e. The van der Waals surface area contributed by atoms with Crippen LogP contribution in [0.1, 0.15) is 21.5 Å². The number of nitrogens with one attached hydrogen (secondary N) is 1. The zero-order valence-electron chi connectivity index (χ0n) is 11.5.